The number of carboxylic acid groups (broad SMARTS) is 1. The van der Waals surface area contributed by atoms with Crippen LogP contribution in [0.25, 0.3) is 0 Å². The number of halogens is 2. The molecule has 1 saturated heterocycles. The number of amidine groups is 1. The lowest BCUT2D eigenvalue weighted by atomic mass is 10.2. The van der Waals surface area contributed by atoms with Crippen molar-refractivity contribution in [1.29, 1.82) is 10.8 Å². The Morgan fingerprint density at radius 2 is 1.82 bits per heavy atom. The zero-order chi connectivity index (χ0) is 28.3. The molecule has 0 amide bonds. The summed E-state index contributed by atoms with van der Waals surface area (Å²) < 4.78 is 47.5. The van der Waals surface area contributed by atoms with Crippen LogP contribution in [0.2, 0.25) is 0 Å². The summed E-state index contributed by atoms with van der Waals surface area (Å²) in [6.45, 7) is -0.00917. The maximum atomic E-state index is 15.5. The monoisotopic (exact) mass is 543 g/mol. The van der Waals surface area contributed by atoms with E-state index in [9.17, 15) is 15.0 Å². The second-order valence-electron chi connectivity index (χ2n) is 8.32. The van der Waals surface area contributed by atoms with E-state index in [1.807, 2.05) is 0 Å². The Morgan fingerprint density at radius 3 is 2.46 bits per heavy atom. The number of anilines is 1. The molecule has 3 aromatic rings. The first-order valence-corrected chi connectivity index (χ1v) is 11.3. The molecule has 2 heterocycles. The Kier molecular flexibility index (Phi) is 7.62. The van der Waals surface area contributed by atoms with Crippen LogP contribution in [-0.2, 0) is 4.79 Å². The van der Waals surface area contributed by atoms with E-state index < -0.39 is 53.0 Å². The lowest BCUT2D eigenvalue weighted by molar-refractivity contribution is -0.139. The number of nitrogens with one attached hydrogen (secondary N) is 4. The first kappa shape index (κ1) is 26.9. The topological polar surface area (TPSA) is 222 Å². The van der Waals surface area contributed by atoms with Crippen molar-refractivity contribution in [2.75, 3.05) is 11.9 Å². The molecule has 13 nitrogen and oxygen atoms in total. The number of benzene rings is 2. The summed E-state index contributed by atoms with van der Waals surface area (Å²) in [6.07, 6.45) is -1.00. The van der Waals surface area contributed by atoms with Crippen molar-refractivity contribution in [2.45, 2.75) is 18.6 Å². The molecule has 0 bridgehead atoms. The SMILES string of the molecule is N=C(N)Nc1cccc(Oc2nc(Oc3cc(C(=N)N)ccc3O)c(F)c(OC3CNC(C(=O)O)C3)c2F)c1. The molecule has 10 N–H and O–H groups in total. The van der Waals surface area contributed by atoms with E-state index in [0.29, 0.717) is 5.69 Å². The average Bonchev–Trinajstić information content (AvgIpc) is 3.35. The number of rotatable bonds is 9. The van der Waals surface area contributed by atoms with Crippen molar-refractivity contribution < 1.29 is 38.0 Å². The number of nitrogens with two attached hydrogens (primary N) is 2. The number of aromatic hydroxyl groups is 1. The van der Waals surface area contributed by atoms with Gasteiger partial charge in [-0.15, -0.1) is 0 Å². The molecule has 2 atom stereocenters. The van der Waals surface area contributed by atoms with E-state index in [-0.39, 0.29) is 41.8 Å². The number of aliphatic carboxylic acids is 1. The summed E-state index contributed by atoms with van der Waals surface area (Å²) in [5.41, 5.74) is 11.3. The number of carboxylic acids is 1. The van der Waals surface area contributed by atoms with Gasteiger partial charge in [0.15, 0.2) is 17.5 Å². The van der Waals surface area contributed by atoms with E-state index in [1.54, 1.807) is 6.07 Å². The number of nitrogen functional groups attached to an aromatic ring is 1. The minimum Gasteiger partial charge on any atom is -0.504 e. The van der Waals surface area contributed by atoms with Crippen LogP contribution in [0.1, 0.15) is 12.0 Å². The van der Waals surface area contributed by atoms with Crippen LogP contribution in [0, 0.1) is 22.5 Å². The van der Waals surface area contributed by atoms with Gasteiger partial charge in [0.2, 0.25) is 17.4 Å². The highest BCUT2D eigenvalue weighted by molar-refractivity contribution is 5.95. The average molecular weight is 543 g/mol. The van der Waals surface area contributed by atoms with Crippen molar-refractivity contribution in [3.05, 3.63) is 59.7 Å². The van der Waals surface area contributed by atoms with Gasteiger partial charge in [-0.1, -0.05) is 6.07 Å². The minimum absolute atomic E-state index is 0.00917. The molecule has 1 fully saturated rings. The molecule has 2 unspecified atom stereocenters. The maximum absolute atomic E-state index is 15.5. The highest BCUT2D eigenvalue weighted by Gasteiger charge is 2.34. The van der Waals surface area contributed by atoms with Crippen molar-refractivity contribution in [3.63, 3.8) is 0 Å². The minimum atomic E-state index is -1.39. The summed E-state index contributed by atoms with van der Waals surface area (Å²) in [6, 6.07) is 8.53. The fourth-order valence-electron chi connectivity index (χ4n) is 3.64. The standard InChI is InChI=1S/C24H23F2N7O6/c25-17-19(37-13-8-14(23(35)36)31-9-13)18(26)22(39-16-6-10(20(27)28)4-5-15(16)34)33-21(17)38-12-3-1-2-11(7-12)32-24(29)30/h1-7,13-14,31,34H,8-9H2,(H3,27,28)(H,35,36)(H4,29,30,32). The Balaban J connectivity index is 1.74. The van der Waals surface area contributed by atoms with Gasteiger partial charge in [0, 0.05) is 30.3 Å². The van der Waals surface area contributed by atoms with Crippen LogP contribution < -0.4 is 36.3 Å². The van der Waals surface area contributed by atoms with Gasteiger partial charge in [0.25, 0.3) is 11.8 Å². The van der Waals surface area contributed by atoms with Gasteiger partial charge in [0.05, 0.1) is 0 Å². The van der Waals surface area contributed by atoms with Crippen molar-refractivity contribution in [2.24, 2.45) is 11.5 Å². The summed E-state index contributed by atoms with van der Waals surface area (Å²) in [5, 5.41) is 39.5. The Morgan fingerprint density at radius 1 is 1.10 bits per heavy atom. The molecule has 0 aliphatic carbocycles. The predicted octanol–water partition coefficient (Wildman–Crippen LogP) is 2.43. The molecule has 1 aliphatic rings. The molecule has 0 radical (unpaired) electrons. The predicted molar refractivity (Wildman–Crippen MR) is 134 cm³/mol. The van der Waals surface area contributed by atoms with Gasteiger partial charge in [-0.3, -0.25) is 15.6 Å². The molecule has 0 spiro atoms. The second kappa shape index (κ2) is 11.1. The van der Waals surface area contributed by atoms with Crippen molar-refractivity contribution >= 4 is 23.5 Å². The quantitative estimate of drug-likeness (QED) is 0.145. The molecule has 1 aromatic heterocycles. The molecular weight excluding hydrogens is 520 g/mol. The number of pyridine rings is 1. The summed E-state index contributed by atoms with van der Waals surface area (Å²) in [7, 11) is 0. The number of guanidine groups is 1. The molecular formula is C24H23F2N7O6. The third kappa shape index (κ3) is 6.22. The molecule has 204 valence electrons. The van der Waals surface area contributed by atoms with Gasteiger partial charge in [-0.05, 0) is 30.3 Å². The number of hydrogen-bond acceptors (Lipinski definition) is 9. The first-order valence-electron chi connectivity index (χ1n) is 11.3. The smallest absolute Gasteiger partial charge is 0.320 e. The largest absolute Gasteiger partial charge is 0.504 e. The lowest BCUT2D eigenvalue weighted by Crippen LogP contribution is -2.30. The van der Waals surface area contributed by atoms with Crippen LogP contribution in [0.5, 0.6) is 34.8 Å². The number of hydrogen-bond donors (Lipinski definition) is 8. The van der Waals surface area contributed by atoms with Crippen molar-refractivity contribution in [3.8, 4) is 34.8 Å². The van der Waals surface area contributed by atoms with Crippen molar-refractivity contribution in [1.82, 2.24) is 10.3 Å². The van der Waals surface area contributed by atoms with Crippen LogP contribution in [0.4, 0.5) is 14.5 Å². The van der Waals surface area contributed by atoms with Crippen LogP contribution in [0.15, 0.2) is 42.5 Å². The van der Waals surface area contributed by atoms with Crippen LogP contribution >= 0.6 is 0 Å². The number of phenols is 1. The van der Waals surface area contributed by atoms with E-state index >= 15 is 8.78 Å². The number of nitrogens with zero attached hydrogens (tertiary/aromatic N) is 1. The Labute approximate surface area is 219 Å². The molecule has 2 aromatic carbocycles. The number of carbonyl (C=O) groups is 1. The van der Waals surface area contributed by atoms with E-state index in [1.165, 1.54) is 24.3 Å². The number of phenolic OH excluding ortho intramolecular Hbond substituents is 1. The van der Waals surface area contributed by atoms with E-state index in [4.69, 9.17) is 36.5 Å². The molecule has 15 heteroatoms. The molecule has 4 rings (SSSR count). The van der Waals surface area contributed by atoms with Gasteiger partial charge < -0.3 is 46.5 Å². The van der Waals surface area contributed by atoms with Gasteiger partial charge in [-0.25, -0.2) is 0 Å². The number of aromatic nitrogens is 1. The summed E-state index contributed by atoms with van der Waals surface area (Å²) >= 11 is 0. The zero-order valence-electron chi connectivity index (χ0n) is 20.0. The van der Waals surface area contributed by atoms with Gasteiger partial charge >= 0.3 is 5.97 Å². The van der Waals surface area contributed by atoms with Gasteiger partial charge in [0.1, 0.15) is 23.7 Å². The lowest BCUT2D eigenvalue weighted by Gasteiger charge is -2.18. The summed E-state index contributed by atoms with van der Waals surface area (Å²) in [4.78, 5) is 15.0. The fourth-order valence-corrected chi connectivity index (χ4v) is 3.64. The highest BCUT2D eigenvalue weighted by atomic mass is 19.1. The summed E-state index contributed by atoms with van der Waals surface area (Å²) in [5.74, 6) is -7.96. The molecule has 0 saturated carbocycles. The molecule has 39 heavy (non-hydrogen) atoms. The van der Waals surface area contributed by atoms with Crippen LogP contribution in [-0.4, -0.2) is 51.7 Å². The highest BCUT2D eigenvalue weighted by Crippen LogP contribution is 2.40. The van der Waals surface area contributed by atoms with E-state index in [0.717, 1.165) is 12.1 Å². The van der Waals surface area contributed by atoms with Gasteiger partial charge in [-0.2, -0.15) is 13.8 Å². The third-order valence-corrected chi connectivity index (χ3v) is 5.46. The number of ether oxygens (including phenoxy) is 3. The second-order valence-corrected chi connectivity index (χ2v) is 8.32. The zero-order valence-corrected chi connectivity index (χ0v) is 20.0. The maximum Gasteiger partial charge on any atom is 0.320 e. The Hall–Kier alpha value is -5.18. The normalized spacial score (nSPS) is 16.4. The van der Waals surface area contributed by atoms with Crippen LogP contribution in [0.3, 0.4) is 0 Å². The third-order valence-electron chi connectivity index (χ3n) is 5.46. The Bertz CT molecular complexity index is 1450. The first-order chi connectivity index (χ1) is 18.5. The van der Waals surface area contributed by atoms with E-state index in [2.05, 4.69) is 15.6 Å². The molecule has 1 aliphatic heterocycles. The fraction of sp³-hybridized carbons (Fsp3) is 0.167.